The number of aromatic hydroxyl groups is 1. The van der Waals surface area contributed by atoms with Crippen LogP contribution >= 0.6 is 0 Å². The zero-order valence-electron chi connectivity index (χ0n) is 23.2. The highest BCUT2D eigenvalue weighted by Crippen LogP contribution is 2.54. The molecule has 0 radical (unpaired) electrons. The lowest BCUT2D eigenvalue weighted by molar-refractivity contribution is -0.00522. The van der Waals surface area contributed by atoms with Crippen LogP contribution in [0.2, 0.25) is 0 Å². The van der Waals surface area contributed by atoms with Gasteiger partial charge in [0.15, 0.2) is 12.5 Å². The number of hydrogen-bond donors (Lipinski definition) is 2. The van der Waals surface area contributed by atoms with E-state index in [0.717, 1.165) is 31.6 Å². The largest absolute Gasteiger partial charge is 0.505 e. The maximum absolute atomic E-state index is 13.4. The molecule has 2 aromatic rings. The normalized spacial score (nSPS) is 26.1. The van der Waals surface area contributed by atoms with Crippen LogP contribution < -0.4 is 20.2 Å². The monoisotopic (exact) mass is 571 g/mol. The van der Waals surface area contributed by atoms with E-state index in [1.165, 1.54) is 26.1 Å². The number of phenolic OH excluding ortho intramolecular Hbond substituents is 1. The lowest BCUT2D eigenvalue weighted by Crippen LogP contribution is -2.46. The quantitative estimate of drug-likeness (QED) is 0.530. The highest BCUT2D eigenvalue weighted by atomic mass is 32.2. The average Bonchev–Trinajstić information content (AvgIpc) is 3.52. The molecule has 4 fully saturated rings. The van der Waals surface area contributed by atoms with Gasteiger partial charge in [0.05, 0.1) is 24.1 Å². The molecule has 13 heteroatoms. The van der Waals surface area contributed by atoms with Crippen LogP contribution in [0.3, 0.4) is 0 Å². The van der Waals surface area contributed by atoms with Crippen LogP contribution in [0.4, 0.5) is 17.2 Å². The fourth-order valence-electron chi connectivity index (χ4n) is 5.97. The molecule has 3 atom stereocenters. The number of nitrogens with zero attached hydrogens (tertiary/aromatic N) is 6. The van der Waals surface area contributed by atoms with E-state index >= 15 is 0 Å². The molecule has 216 valence electrons. The Labute approximate surface area is 235 Å². The van der Waals surface area contributed by atoms with Gasteiger partial charge in [0.1, 0.15) is 23.0 Å². The predicted molar refractivity (Wildman–Crippen MR) is 152 cm³/mol. The SMILES string of the molecule is CC1CN(c2cncnc2N2COC(=NS(=O)(=O)[C@H](C)c3cccc(N4CCC5(CC4)CC5)c3O)N2)CC(C)O1. The third-order valence-electron chi connectivity index (χ3n) is 8.51. The number of nitrogens with one attached hydrogen (secondary N) is 1. The maximum atomic E-state index is 13.4. The summed E-state index contributed by atoms with van der Waals surface area (Å²) in [5, 5.41) is 11.6. The Hall–Kier alpha value is -3.32. The fraction of sp³-hybridized carbons (Fsp3) is 0.593. The lowest BCUT2D eigenvalue weighted by atomic mass is 9.93. The Bertz CT molecular complexity index is 1380. The number of rotatable bonds is 6. The van der Waals surface area contributed by atoms with Crippen LogP contribution in [0.25, 0.3) is 0 Å². The number of benzene rings is 1. The molecule has 40 heavy (non-hydrogen) atoms. The summed E-state index contributed by atoms with van der Waals surface area (Å²) in [6.45, 7) is 8.65. The zero-order valence-corrected chi connectivity index (χ0v) is 24.0. The van der Waals surface area contributed by atoms with Gasteiger partial charge < -0.3 is 24.4 Å². The van der Waals surface area contributed by atoms with Crippen molar-refractivity contribution in [3.63, 3.8) is 0 Å². The molecule has 2 N–H and O–H groups in total. The number of aromatic nitrogens is 2. The minimum atomic E-state index is -4.09. The van der Waals surface area contributed by atoms with Gasteiger partial charge in [-0.25, -0.2) is 28.8 Å². The molecule has 0 bridgehead atoms. The Morgan fingerprint density at radius 1 is 1.10 bits per heavy atom. The van der Waals surface area contributed by atoms with Crippen LogP contribution in [0.15, 0.2) is 35.1 Å². The van der Waals surface area contributed by atoms with Crippen molar-refractivity contribution < 1.29 is 23.0 Å². The van der Waals surface area contributed by atoms with Gasteiger partial charge in [-0.2, -0.15) is 0 Å². The molecule has 3 saturated heterocycles. The zero-order chi connectivity index (χ0) is 28.1. The first-order valence-corrected chi connectivity index (χ1v) is 15.4. The highest BCUT2D eigenvalue weighted by Gasteiger charge is 2.44. The Morgan fingerprint density at radius 2 is 1.82 bits per heavy atom. The van der Waals surface area contributed by atoms with E-state index in [0.29, 0.717) is 35.6 Å². The third-order valence-corrected chi connectivity index (χ3v) is 10.1. The first kappa shape index (κ1) is 26.9. The van der Waals surface area contributed by atoms with Gasteiger partial charge in [0.25, 0.3) is 10.0 Å². The molecule has 6 rings (SSSR count). The Balaban J connectivity index is 1.18. The summed E-state index contributed by atoms with van der Waals surface area (Å²) in [5.41, 5.74) is 5.20. The van der Waals surface area contributed by atoms with Crippen molar-refractivity contribution in [2.24, 2.45) is 9.81 Å². The molecule has 2 unspecified atom stereocenters. The third kappa shape index (κ3) is 5.24. The molecule has 4 aliphatic rings. The van der Waals surface area contributed by atoms with Gasteiger partial charge in [-0.15, -0.1) is 4.40 Å². The Morgan fingerprint density at radius 3 is 2.52 bits per heavy atom. The van der Waals surface area contributed by atoms with Gasteiger partial charge >= 0.3 is 6.02 Å². The summed E-state index contributed by atoms with van der Waals surface area (Å²) in [7, 11) is -4.09. The minimum Gasteiger partial charge on any atom is -0.505 e. The van der Waals surface area contributed by atoms with Crippen molar-refractivity contribution in [1.82, 2.24) is 15.4 Å². The summed E-state index contributed by atoms with van der Waals surface area (Å²) in [6, 6.07) is 5.13. The number of ether oxygens (including phenoxy) is 2. The number of para-hydroxylation sites is 1. The van der Waals surface area contributed by atoms with Crippen LogP contribution in [0, 0.1) is 5.41 Å². The van der Waals surface area contributed by atoms with Crippen molar-refractivity contribution in [2.75, 3.05) is 47.7 Å². The molecule has 1 saturated carbocycles. The second-order valence-corrected chi connectivity index (χ2v) is 13.4. The van der Waals surface area contributed by atoms with Gasteiger partial charge in [-0.05, 0) is 57.9 Å². The minimum absolute atomic E-state index is 0.00737. The standard InChI is InChI=1S/C27H37N7O5S/c1-18-14-33(15-19(2)39-18)23-13-28-16-29-25(23)34-17-38-26(30-34)31-40(36,37)20(3)21-5-4-6-22(24(21)35)32-11-9-27(7-8-27)10-12-32/h4-6,13,16,18-20,35H,7-12,14-15,17H2,1-3H3,(H,30,31)/t18?,19?,20-/m1/s1. The molecule has 3 aliphatic heterocycles. The van der Waals surface area contributed by atoms with E-state index in [4.69, 9.17) is 9.47 Å². The fourth-order valence-corrected chi connectivity index (χ4v) is 6.97. The summed E-state index contributed by atoms with van der Waals surface area (Å²) in [5.74, 6) is 0.541. The van der Waals surface area contributed by atoms with Gasteiger partial charge in [0.2, 0.25) is 0 Å². The summed E-state index contributed by atoms with van der Waals surface area (Å²) < 4.78 is 42.1. The van der Waals surface area contributed by atoms with Crippen molar-refractivity contribution in [1.29, 1.82) is 0 Å². The van der Waals surface area contributed by atoms with Crippen LogP contribution in [-0.4, -0.2) is 74.6 Å². The molecule has 12 nitrogen and oxygen atoms in total. The first-order chi connectivity index (χ1) is 19.1. The predicted octanol–water partition coefficient (Wildman–Crippen LogP) is 2.92. The average molecular weight is 572 g/mol. The van der Waals surface area contributed by atoms with Crippen molar-refractivity contribution in [2.45, 2.75) is 63.9 Å². The van der Waals surface area contributed by atoms with E-state index < -0.39 is 15.3 Å². The van der Waals surface area contributed by atoms with Crippen LogP contribution in [0.5, 0.6) is 5.75 Å². The van der Waals surface area contributed by atoms with E-state index in [9.17, 15) is 13.5 Å². The number of piperidine rings is 1. The molecular weight excluding hydrogens is 534 g/mol. The topological polar surface area (TPSA) is 133 Å². The number of phenols is 1. The van der Waals surface area contributed by atoms with Gasteiger partial charge in [-0.3, -0.25) is 0 Å². The first-order valence-electron chi connectivity index (χ1n) is 13.9. The number of hydrogen-bond acceptors (Lipinski definition) is 10. The Kier molecular flexibility index (Phi) is 6.89. The molecular formula is C27H37N7O5S. The highest BCUT2D eigenvalue weighted by molar-refractivity contribution is 7.90. The summed E-state index contributed by atoms with van der Waals surface area (Å²) in [6.07, 6.45) is 8.05. The number of amidine groups is 1. The number of anilines is 3. The molecule has 1 aromatic heterocycles. The van der Waals surface area contributed by atoms with E-state index in [2.05, 4.69) is 29.6 Å². The van der Waals surface area contributed by atoms with Crippen molar-refractivity contribution >= 4 is 33.2 Å². The molecule has 1 spiro atoms. The van der Waals surface area contributed by atoms with Crippen LogP contribution in [-0.2, 0) is 19.5 Å². The smallest absolute Gasteiger partial charge is 0.321 e. The molecule has 1 aromatic carbocycles. The second kappa shape index (κ2) is 10.3. The van der Waals surface area contributed by atoms with E-state index in [-0.39, 0.29) is 30.7 Å². The van der Waals surface area contributed by atoms with E-state index in [1.54, 1.807) is 23.3 Å². The van der Waals surface area contributed by atoms with Gasteiger partial charge in [0, 0.05) is 31.7 Å². The summed E-state index contributed by atoms with van der Waals surface area (Å²) in [4.78, 5) is 12.9. The number of morpholine rings is 1. The summed E-state index contributed by atoms with van der Waals surface area (Å²) >= 11 is 0. The molecule has 0 amide bonds. The molecule has 4 heterocycles. The second-order valence-electron chi connectivity index (χ2n) is 11.5. The number of hydrazine groups is 1. The molecule has 1 aliphatic carbocycles. The van der Waals surface area contributed by atoms with E-state index in [1.807, 2.05) is 19.9 Å². The van der Waals surface area contributed by atoms with Crippen molar-refractivity contribution in [3.8, 4) is 5.75 Å². The van der Waals surface area contributed by atoms with Gasteiger partial charge in [-0.1, -0.05) is 12.1 Å². The number of sulfonamides is 1. The maximum Gasteiger partial charge on any atom is 0.321 e. The lowest BCUT2D eigenvalue weighted by Gasteiger charge is -2.37. The van der Waals surface area contributed by atoms with Crippen LogP contribution in [0.1, 0.15) is 57.3 Å². The van der Waals surface area contributed by atoms with Crippen molar-refractivity contribution in [3.05, 3.63) is 36.3 Å².